The van der Waals surface area contributed by atoms with Crippen LogP contribution < -0.4 is 0 Å². The van der Waals surface area contributed by atoms with Crippen LogP contribution in [0.1, 0.15) is 71.1 Å². The zero-order chi connectivity index (χ0) is 19.1. The highest BCUT2D eigenvalue weighted by Gasteiger charge is 2.78. The third kappa shape index (κ3) is 1.88. The number of allylic oxidation sites excluding steroid dienone is 2. The van der Waals surface area contributed by atoms with Gasteiger partial charge in [0.05, 0.1) is 5.71 Å². The van der Waals surface area contributed by atoms with E-state index in [1.807, 2.05) is 0 Å². The Labute approximate surface area is 167 Å². The number of carbonyl (C=O) groups is 1. The maximum Gasteiger partial charge on any atom is 0.331 e. The molecular formula is C24H31NO3. The van der Waals surface area contributed by atoms with Crippen molar-refractivity contribution in [2.24, 2.45) is 39.7 Å². The number of carbonyl (C=O) groups excluding carboxylic acids is 1. The normalized spacial score (nSPS) is 49.0. The maximum absolute atomic E-state index is 12.2. The van der Waals surface area contributed by atoms with Gasteiger partial charge in [-0.05, 0) is 100 Å². The Bertz CT molecular complexity index is 822. The molecule has 2 spiro atoms. The van der Waals surface area contributed by atoms with E-state index in [0.29, 0.717) is 11.8 Å². The Hall–Kier alpha value is -1.58. The third-order valence-corrected chi connectivity index (χ3v) is 9.99. The minimum atomic E-state index is -0.319. The molecule has 4 fully saturated rings. The first kappa shape index (κ1) is 17.3. The number of esters is 1. The minimum Gasteiger partial charge on any atom is -0.450 e. The minimum absolute atomic E-state index is 0.112. The van der Waals surface area contributed by atoms with E-state index in [1.54, 1.807) is 6.08 Å². The van der Waals surface area contributed by atoms with E-state index in [0.717, 1.165) is 43.2 Å². The van der Waals surface area contributed by atoms with Crippen LogP contribution in [0, 0.1) is 34.5 Å². The van der Waals surface area contributed by atoms with Gasteiger partial charge >= 0.3 is 5.97 Å². The number of fused-ring (bicyclic) bond motifs is 7. The van der Waals surface area contributed by atoms with Crippen molar-refractivity contribution in [2.45, 2.75) is 76.7 Å². The Balaban J connectivity index is 1.39. The zero-order valence-electron chi connectivity index (χ0n) is 16.8. The van der Waals surface area contributed by atoms with Crippen molar-refractivity contribution in [1.29, 1.82) is 0 Å². The van der Waals surface area contributed by atoms with Crippen LogP contribution >= 0.6 is 0 Å². The molecule has 1 aliphatic heterocycles. The Morgan fingerprint density at radius 3 is 2.71 bits per heavy atom. The van der Waals surface area contributed by atoms with Crippen LogP contribution in [0.2, 0.25) is 0 Å². The summed E-state index contributed by atoms with van der Waals surface area (Å²) in [6.07, 6.45) is 17.8. The van der Waals surface area contributed by atoms with Crippen LogP contribution in [0.5, 0.6) is 0 Å². The lowest BCUT2D eigenvalue weighted by atomic mass is 9.49. The third-order valence-electron chi connectivity index (χ3n) is 9.99. The van der Waals surface area contributed by atoms with Gasteiger partial charge in [-0.15, -0.1) is 0 Å². The quantitative estimate of drug-likeness (QED) is 0.394. The molecule has 0 radical (unpaired) electrons. The number of rotatable bonds is 1. The molecule has 4 heteroatoms. The van der Waals surface area contributed by atoms with Gasteiger partial charge in [0.2, 0.25) is 0 Å². The van der Waals surface area contributed by atoms with Gasteiger partial charge in [-0.2, -0.15) is 0 Å². The molecular weight excluding hydrogens is 350 g/mol. The van der Waals surface area contributed by atoms with E-state index in [2.05, 4.69) is 24.2 Å². The van der Waals surface area contributed by atoms with Crippen molar-refractivity contribution >= 4 is 11.7 Å². The summed E-state index contributed by atoms with van der Waals surface area (Å²) in [6, 6.07) is 0. The Morgan fingerprint density at radius 1 is 1.18 bits per heavy atom. The fourth-order valence-corrected chi connectivity index (χ4v) is 8.79. The lowest BCUT2D eigenvalue weighted by molar-refractivity contribution is -0.172. The van der Waals surface area contributed by atoms with Gasteiger partial charge in [0.1, 0.15) is 5.60 Å². The molecule has 6 rings (SSSR count). The van der Waals surface area contributed by atoms with Crippen LogP contribution in [0.25, 0.3) is 0 Å². The fourth-order valence-electron chi connectivity index (χ4n) is 8.79. The first-order valence-electron chi connectivity index (χ1n) is 11.4. The second-order valence-corrected chi connectivity index (χ2v) is 10.5. The summed E-state index contributed by atoms with van der Waals surface area (Å²) in [5.41, 5.74) is 2.44. The van der Waals surface area contributed by atoms with Gasteiger partial charge in [0.25, 0.3) is 0 Å². The average Bonchev–Trinajstić information content (AvgIpc) is 3.34. The molecule has 1 heterocycles. The summed E-state index contributed by atoms with van der Waals surface area (Å²) in [5.74, 6) is 2.76. The van der Waals surface area contributed by atoms with Gasteiger partial charge in [-0.25, -0.2) is 4.79 Å². The predicted octanol–water partition coefficient (Wildman–Crippen LogP) is 5.02. The van der Waals surface area contributed by atoms with Crippen molar-refractivity contribution in [3.63, 3.8) is 0 Å². The van der Waals surface area contributed by atoms with Gasteiger partial charge < -0.3 is 9.94 Å². The summed E-state index contributed by atoms with van der Waals surface area (Å²) in [5, 5.41) is 12.7. The number of nitrogens with zero attached hydrogens (tertiary/aromatic N) is 1. The first-order chi connectivity index (χ1) is 13.6. The molecule has 4 nitrogen and oxygen atoms in total. The molecule has 5 aliphatic carbocycles. The molecule has 0 aromatic heterocycles. The van der Waals surface area contributed by atoms with E-state index in [4.69, 9.17) is 4.74 Å². The van der Waals surface area contributed by atoms with Crippen LogP contribution in [0.3, 0.4) is 0 Å². The van der Waals surface area contributed by atoms with Crippen molar-refractivity contribution in [3.8, 4) is 0 Å². The highest BCUT2D eigenvalue weighted by atomic mass is 16.6. The SMILES string of the molecule is CC[C@]12CCC3C(CCC4=CC(=NO)CC[C@@H]43)C1CC1(CC1)[C@@]21C=CC(=O)O1. The summed E-state index contributed by atoms with van der Waals surface area (Å²) >= 11 is 0. The van der Waals surface area contributed by atoms with Gasteiger partial charge in [0.15, 0.2) is 0 Å². The maximum atomic E-state index is 12.2. The van der Waals surface area contributed by atoms with E-state index in [1.165, 1.54) is 44.1 Å². The van der Waals surface area contributed by atoms with Crippen molar-refractivity contribution < 1.29 is 14.7 Å². The van der Waals surface area contributed by atoms with Crippen LogP contribution in [0.15, 0.2) is 29.0 Å². The standard InChI is InChI=1S/C24H31NO3/c1-2-23-9-7-18-17-6-4-16(25-27)13-15(17)3-5-19(18)20(23)14-22(11-12-22)24(23)10-8-21(26)28-24/h8,10,13,17-20,27H,2-7,9,11-12,14H2,1H3/t17-,18?,19?,20?,23-,24-/m0/s1. The lowest BCUT2D eigenvalue weighted by Gasteiger charge is -2.56. The van der Waals surface area contributed by atoms with Crippen LogP contribution in [-0.4, -0.2) is 22.5 Å². The summed E-state index contributed by atoms with van der Waals surface area (Å²) in [7, 11) is 0. The van der Waals surface area contributed by atoms with Gasteiger partial charge in [-0.3, -0.25) is 0 Å². The summed E-state index contributed by atoms with van der Waals surface area (Å²) < 4.78 is 6.26. The van der Waals surface area contributed by atoms with Crippen molar-refractivity contribution in [3.05, 3.63) is 23.8 Å². The van der Waals surface area contributed by atoms with Gasteiger partial charge in [0, 0.05) is 16.9 Å². The van der Waals surface area contributed by atoms with Crippen molar-refractivity contribution in [1.82, 2.24) is 0 Å². The zero-order valence-corrected chi connectivity index (χ0v) is 16.8. The number of oxime groups is 1. The summed E-state index contributed by atoms with van der Waals surface area (Å²) in [4.78, 5) is 12.2. The molecule has 0 amide bonds. The smallest absolute Gasteiger partial charge is 0.331 e. The van der Waals surface area contributed by atoms with Crippen LogP contribution in [0.4, 0.5) is 0 Å². The monoisotopic (exact) mass is 381 g/mol. The molecule has 4 saturated carbocycles. The molecule has 0 aromatic rings. The van der Waals surface area contributed by atoms with E-state index in [-0.39, 0.29) is 22.4 Å². The topological polar surface area (TPSA) is 58.9 Å². The largest absolute Gasteiger partial charge is 0.450 e. The molecule has 0 bridgehead atoms. The number of hydrogen-bond donors (Lipinski definition) is 1. The van der Waals surface area contributed by atoms with Crippen LogP contribution in [-0.2, 0) is 9.53 Å². The molecule has 0 saturated heterocycles. The molecule has 28 heavy (non-hydrogen) atoms. The van der Waals surface area contributed by atoms with Gasteiger partial charge in [-0.1, -0.05) is 17.7 Å². The second kappa shape index (κ2) is 5.52. The average molecular weight is 382 g/mol. The van der Waals surface area contributed by atoms with E-state index >= 15 is 0 Å². The highest BCUT2D eigenvalue weighted by Crippen LogP contribution is 2.79. The number of hydrogen-bond acceptors (Lipinski definition) is 4. The predicted molar refractivity (Wildman–Crippen MR) is 106 cm³/mol. The first-order valence-corrected chi connectivity index (χ1v) is 11.4. The lowest BCUT2D eigenvalue weighted by Crippen LogP contribution is -2.55. The second-order valence-electron chi connectivity index (χ2n) is 10.5. The molecule has 0 aromatic carbocycles. The highest BCUT2D eigenvalue weighted by molar-refractivity contribution is 5.96. The van der Waals surface area contributed by atoms with Crippen molar-refractivity contribution in [2.75, 3.05) is 0 Å². The Kier molecular flexibility index (Phi) is 3.41. The Morgan fingerprint density at radius 2 is 2.04 bits per heavy atom. The molecule has 1 N–H and O–H groups in total. The molecule has 6 atom stereocenters. The fraction of sp³-hybridized carbons (Fsp3) is 0.750. The van der Waals surface area contributed by atoms with E-state index in [9.17, 15) is 10.0 Å². The molecule has 3 unspecified atom stereocenters. The summed E-state index contributed by atoms with van der Waals surface area (Å²) in [6.45, 7) is 2.34. The molecule has 150 valence electrons. The van der Waals surface area contributed by atoms with E-state index < -0.39 is 0 Å². The molecule has 6 aliphatic rings. The number of ether oxygens (including phenoxy) is 1.